The highest BCUT2D eigenvalue weighted by atomic mass is 16.1. The summed E-state index contributed by atoms with van der Waals surface area (Å²) >= 11 is 0. The van der Waals surface area contributed by atoms with Gasteiger partial charge < -0.3 is 10.1 Å². The first-order valence-corrected chi connectivity index (χ1v) is 5.37. The van der Waals surface area contributed by atoms with E-state index in [1.165, 1.54) is 0 Å². The molecule has 0 aliphatic rings. The molecule has 0 spiro atoms. The van der Waals surface area contributed by atoms with E-state index >= 15 is 0 Å². The highest BCUT2D eigenvalue weighted by Gasteiger charge is 2.20. The van der Waals surface area contributed by atoms with Crippen molar-refractivity contribution in [3.05, 3.63) is 0 Å². The minimum Gasteiger partial charge on any atom is -0.311 e. The maximum absolute atomic E-state index is 10.9. The number of hydrogen-bond acceptors (Lipinski definition) is 2. The molecular weight excluding hydrogens is 174 g/mol. The van der Waals surface area contributed by atoms with Gasteiger partial charge in [0.15, 0.2) is 0 Å². The molecule has 0 aliphatic carbocycles. The number of Topliss-reactive ketones (excluding diaryl/α,β-unsaturated/α-hetero) is 1. The lowest BCUT2D eigenvalue weighted by atomic mass is 9.92. The molecule has 2 nitrogen and oxygen atoms in total. The third-order valence-electron chi connectivity index (χ3n) is 2.20. The van der Waals surface area contributed by atoms with Crippen LogP contribution in [0.5, 0.6) is 0 Å². The monoisotopic (exact) mass is 199 g/mol. The predicted octanol–water partition coefficient (Wildman–Crippen LogP) is 2.77. The van der Waals surface area contributed by atoms with Crippen molar-refractivity contribution in [1.82, 2.24) is 5.32 Å². The van der Waals surface area contributed by atoms with Crippen LogP contribution in [0, 0.1) is 5.41 Å². The van der Waals surface area contributed by atoms with E-state index in [9.17, 15) is 4.79 Å². The number of carbonyl (C=O) groups is 1. The second kappa shape index (κ2) is 4.92. The molecule has 14 heavy (non-hydrogen) atoms. The molecule has 84 valence electrons. The third kappa shape index (κ3) is 8.24. The van der Waals surface area contributed by atoms with Crippen LogP contribution >= 0.6 is 0 Å². The highest BCUT2D eigenvalue weighted by Crippen LogP contribution is 2.16. The van der Waals surface area contributed by atoms with Gasteiger partial charge in [-0.2, -0.15) is 0 Å². The molecule has 0 aromatic carbocycles. The minimum absolute atomic E-state index is 0.0684. The molecule has 0 aromatic heterocycles. The van der Waals surface area contributed by atoms with E-state index in [2.05, 4.69) is 39.9 Å². The fraction of sp³-hybridized carbons (Fsp3) is 0.917. The van der Waals surface area contributed by atoms with Crippen molar-refractivity contribution in [1.29, 1.82) is 0 Å². The Morgan fingerprint density at radius 1 is 1.14 bits per heavy atom. The molecule has 0 bridgehead atoms. The summed E-state index contributed by atoms with van der Waals surface area (Å²) < 4.78 is 0. The van der Waals surface area contributed by atoms with Crippen LogP contribution in [-0.4, -0.2) is 17.9 Å². The van der Waals surface area contributed by atoms with E-state index in [4.69, 9.17) is 0 Å². The SMILES string of the molecule is CC(=O)CCC(C)(C)NCC(C)(C)C. The van der Waals surface area contributed by atoms with Gasteiger partial charge in [0.25, 0.3) is 0 Å². The Balaban J connectivity index is 3.89. The Kier molecular flexibility index (Phi) is 4.79. The van der Waals surface area contributed by atoms with Crippen molar-refractivity contribution in [2.24, 2.45) is 5.41 Å². The Morgan fingerprint density at radius 3 is 2.00 bits per heavy atom. The Morgan fingerprint density at radius 2 is 1.64 bits per heavy atom. The zero-order chi connectivity index (χ0) is 11.4. The molecule has 0 rings (SSSR count). The smallest absolute Gasteiger partial charge is 0.129 e. The molecule has 0 aromatic rings. The van der Waals surface area contributed by atoms with Crippen molar-refractivity contribution in [3.63, 3.8) is 0 Å². The van der Waals surface area contributed by atoms with E-state index in [0.717, 1.165) is 13.0 Å². The standard InChI is InChI=1S/C12H25NO/c1-10(14)7-8-12(5,6)13-9-11(2,3)4/h13H,7-9H2,1-6H3. The average molecular weight is 199 g/mol. The van der Waals surface area contributed by atoms with Crippen molar-refractivity contribution in [2.45, 2.75) is 59.9 Å². The quantitative estimate of drug-likeness (QED) is 0.737. The number of rotatable bonds is 5. The van der Waals surface area contributed by atoms with Crippen LogP contribution in [0.15, 0.2) is 0 Å². The molecular formula is C12H25NO. The molecule has 2 heteroatoms. The number of carbonyl (C=O) groups excluding carboxylic acids is 1. The maximum atomic E-state index is 10.9. The largest absolute Gasteiger partial charge is 0.311 e. The van der Waals surface area contributed by atoms with Crippen molar-refractivity contribution in [3.8, 4) is 0 Å². The van der Waals surface area contributed by atoms with Crippen molar-refractivity contribution >= 4 is 5.78 Å². The van der Waals surface area contributed by atoms with Crippen LogP contribution in [-0.2, 0) is 4.79 Å². The molecule has 0 saturated carbocycles. The van der Waals surface area contributed by atoms with Crippen LogP contribution < -0.4 is 5.32 Å². The van der Waals surface area contributed by atoms with E-state index in [0.29, 0.717) is 11.8 Å². The van der Waals surface area contributed by atoms with Gasteiger partial charge in [-0.15, -0.1) is 0 Å². The van der Waals surface area contributed by atoms with Gasteiger partial charge in [0, 0.05) is 18.5 Å². The molecule has 0 saturated heterocycles. The number of ketones is 1. The van der Waals surface area contributed by atoms with E-state index < -0.39 is 0 Å². The molecule has 1 N–H and O–H groups in total. The molecule has 0 unspecified atom stereocenters. The minimum atomic E-state index is 0.0684. The van der Waals surface area contributed by atoms with Crippen LogP contribution in [0.3, 0.4) is 0 Å². The van der Waals surface area contributed by atoms with Crippen molar-refractivity contribution < 1.29 is 4.79 Å². The van der Waals surface area contributed by atoms with Gasteiger partial charge in [0.05, 0.1) is 0 Å². The fourth-order valence-corrected chi connectivity index (χ4v) is 1.08. The highest BCUT2D eigenvalue weighted by molar-refractivity contribution is 5.75. The van der Waals surface area contributed by atoms with Crippen LogP contribution in [0.2, 0.25) is 0 Å². The van der Waals surface area contributed by atoms with Gasteiger partial charge in [-0.05, 0) is 32.6 Å². The summed E-state index contributed by atoms with van der Waals surface area (Å²) in [7, 11) is 0. The first-order chi connectivity index (χ1) is 6.12. The van der Waals surface area contributed by atoms with E-state index in [1.807, 2.05) is 0 Å². The summed E-state index contributed by atoms with van der Waals surface area (Å²) in [5.41, 5.74) is 0.368. The zero-order valence-electron chi connectivity index (χ0n) is 10.5. The molecule has 0 amide bonds. The topological polar surface area (TPSA) is 29.1 Å². The molecule has 0 atom stereocenters. The first kappa shape index (κ1) is 13.6. The second-order valence-corrected chi connectivity index (χ2v) is 6.00. The molecule has 0 radical (unpaired) electrons. The Labute approximate surface area is 88.5 Å². The lowest BCUT2D eigenvalue weighted by Gasteiger charge is -2.30. The molecule has 0 aliphatic heterocycles. The van der Waals surface area contributed by atoms with Gasteiger partial charge in [-0.1, -0.05) is 20.8 Å². The second-order valence-electron chi connectivity index (χ2n) is 6.00. The predicted molar refractivity (Wildman–Crippen MR) is 61.5 cm³/mol. The summed E-state index contributed by atoms with van der Waals surface area (Å²) in [5, 5.41) is 3.50. The lowest BCUT2D eigenvalue weighted by Crippen LogP contribution is -2.43. The van der Waals surface area contributed by atoms with E-state index in [1.54, 1.807) is 6.92 Å². The molecule has 0 fully saturated rings. The van der Waals surface area contributed by atoms with Crippen molar-refractivity contribution in [2.75, 3.05) is 6.54 Å². The van der Waals surface area contributed by atoms with Crippen LogP contribution in [0.1, 0.15) is 54.4 Å². The van der Waals surface area contributed by atoms with Crippen LogP contribution in [0.4, 0.5) is 0 Å². The van der Waals surface area contributed by atoms with Gasteiger partial charge >= 0.3 is 0 Å². The summed E-state index contributed by atoms with van der Waals surface area (Å²) in [6.45, 7) is 13.6. The summed E-state index contributed by atoms with van der Waals surface area (Å²) in [5.74, 6) is 0.274. The van der Waals surface area contributed by atoms with Gasteiger partial charge in [-0.3, -0.25) is 0 Å². The van der Waals surface area contributed by atoms with Gasteiger partial charge in [0.1, 0.15) is 5.78 Å². The van der Waals surface area contributed by atoms with Crippen LogP contribution in [0.25, 0.3) is 0 Å². The third-order valence-corrected chi connectivity index (χ3v) is 2.20. The molecule has 0 heterocycles. The van der Waals surface area contributed by atoms with E-state index in [-0.39, 0.29) is 11.3 Å². The van der Waals surface area contributed by atoms with Gasteiger partial charge in [-0.25, -0.2) is 0 Å². The maximum Gasteiger partial charge on any atom is 0.129 e. The average Bonchev–Trinajstić information content (AvgIpc) is 1.97. The Hall–Kier alpha value is -0.370. The zero-order valence-corrected chi connectivity index (χ0v) is 10.5. The first-order valence-electron chi connectivity index (χ1n) is 5.37. The fourth-order valence-electron chi connectivity index (χ4n) is 1.08. The number of nitrogens with one attached hydrogen (secondary N) is 1. The summed E-state index contributed by atoms with van der Waals surface area (Å²) in [6.07, 6.45) is 1.59. The number of hydrogen-bond donors (Lipinski definition) is 1. The van der Waals surface area contributed by atoms with Gasteiger partial charge in [0.2, 0.25) is 0 Å². The summed E-state index contributed by atoms with van der Waals surface area (Å²) in [6, 6.07) is 0. The lowest BCUT2D eigenvalue weighted by molar-refractivity contribution is -0.117. The normalized spacial score (nSPS) is 13.0. The Bertz CT molecular complexity index is 189. The summed E-state index contributed by atoms with van der Waals surface area (Å²) in [4.78, 5) is 10.9.